The molecule has 30 heavy (non-hydrogen) atoms. The molecule has 1 aliphatic rings. The van der Waals surface area contributed by atoms with Gasteiger partial charge in [-0.05, 0) is 61.0 Å². The second-order valence-electron chi connectivity index (χ2n) is 7.36. The van der Waals surface area contributed by atoms with Crippen molar-refractivity contribution in [1.82, 2.24) is 25.1 Å². The van der Waals surface area contributed by atoms with Crippen LogP contribution in [0, 0.1) is 5.82 Å². The van der Waals surface area contributed by atoms with Crippen molar-refractivity contribution in [3.05, 3.63) is 72.1 Å². The molecule has 0 atom stereocenters. The molecular formula is C22H19FN6O. The van der Waals surface area contributed by atoms with Crippen molar-refractivity contribution in [3.8, 4) is 11.1 Å². The molecule has 0 aliphatic carbocycles. The number of amides is 1. The number of carbonyl (C=O) groups is 1. The predicted molar refractivity (Wildman–Crippen MR) is 111 cm³/mol. The highest BCUT2D eigenvalue weighted by molar-refractivity contribution is 6.11. The Balaban J connectivity index is 1.43. The normalized spacial score (nSPS) is 13.9. The highest BCUT2D eigenvalue weighted by atomic mass is 19.1. The van der Waals surface area contributed by atoms with Gasteiger partial charge in [-0.3, -0.25) is 19.8 Å². The third-order valence-electron chi connectivity index (χ3n) is 5.23. The summed E-state index contributed by atoms with van der Waals surface area (Å²) in [5, 5.41) is 10.4. The molecule has 1 aliphatic heterocycles. The van der Waals surface area contributed by atoms with Gasteiger partial charge in [0.15, 0.2) is 5.69 Å². The first kappa shape index (κ1) is 18.4. The molecule has 0 radical (unpaired) electrons. The van der Waals surface area contributed by atoms with E-state index in [9.17, 15) is 9.18 Å². The third-order valence-corrected chi connectivity index (χ3v) is 5.23. The van der Waals surface area contributed by atoms with Gasteiger partial charge in [0.05, 0.1) is 11.7 Å². The molecule has 0 saturated carbocycles. The van der Waals surface area contributed by atoms with Crippen molar-refractivity contribution in [2.24, 2.45) is 0 Å². The van der Waals surface area contributed by atoms with Gasteiger partial charge < -0.3 is 5.32 Å². The smallest absolute Gasteiger partial charge is 0.277 e. The van der Waals surface area contributed by atoms with E-state index in [1.807, 2.05) is 30.6 Å². The van der Waals surface area contributed by atoms with E-state index in [2.05, 4.69) is 36.4 Å². The van der Waals surface area contributed by atoms with Gasteiger partial charge in [-0.1, -0.05) is 6.07 Å². The lowest BCUT2D eigenvalue weighted by molar-refractivity contribution is 0.102. The zero-order valence-corrected chi connectivity index (χ0v) is 16.1. The van der Waals surface area contributed by atoms with Crippen LogP contribution in [-0.4, -0.2) is 44.1 Å². The summed E-state index contributed by atoms with van der Waals surface area (Å²) in [5.41, 5.74) is 4.11. The number of carbonyl (C=O) groups excluding carboxylic acids is 1. The topological polar surface area (TPSA) is 86.8 Å². The average Bonchev–Trinajstić information content (AvgIpc) is 3.16. The van der Waals surface area contributed by atoms with Gasteiger partial charge in [0.1, 0.15) is 11.6 Å². The molecular weight excluding hydrogens is 383 g/mol. The minimum Gasteiger partial charge on any atom is -0.305 e. The average molecular weight is 402 g/mol. The molecule has 8 heteroatoms. The molecule has 0 unspecified atom stereocenters. The number of hydrogen-bond donors (Lipinski definition) is 2. The molecule has 4 heterocycles. The molecule has 5 rings (SSSR count). The molecule has 2 N–H and O–H groups in total. The summed E-state index contributed by atoms with van der Waals surface area (Å²) in [6.45, 7) is 3.16. The van der Waals surface area contributed by atoms with E-state index in [-0.39, 0.29) is 11.5 Å². The predicted octanol–water partition coefficient (Wildman–Crippen LogP) is 3.62. The molecule has 1 saturated heterocycles. The van der Waals surface area contributed by atoms with Gasteiger partial charge in [0, 0.05) is 29.9 Å². The highest BCUT2D eigenvalue weighted by Crippen LogP contribution is 2.26. The van der Waals surface area contributed by atoms with Crippen LogP contribution in [0.1, 0.15) is 22.5 Å². The maximum absolute atomic E-state index is 13.0. The van der Waals surface area contributed by atoms with Gasteiger partial charge in [-0.25, -0.2) is 9.37 Å². The lowest BCUT2D eigenvalue weighted by Crippen LogP contribution is -2.36. The van der Waals surface area contributed by atoms with Crippen molar-refractivity contribution in [1.29, 1.82) is 0 Å². The minimum atomic E-state index is -0.465. The number of aromatic nitrogens is 4. The highest BCUT2D eigenvalue weighted by Gasteiger charge is 2.17. The fourth-order valence-corrected chi connectivity index (χ4v) is 3.52. The van der Waals surface area contributed by atoms with E-state index in [1.54, 1.807) is 0 Å². The van der Waals surface area contributed by atoms with Crippen LogP contribution in [0.2, 0.25) is 0 Å². The standard InChI is InChI=1S/C22H19FN6O/c23-17-3-5-20(25-12-17)26-22(30)21-18-9-15(2-4-19(18)27-28-21)16-8-14(10-24-11-16)13-29-6-1-7-29/h2-5,8-12H,1,6-7,13H2,(H,27,28)(H,25,26,30). The Hall–Kier alpha value is -3.65. The quantitative estimate of drug-likeness (QED) is 0.533. The summed E-state index contributed by atoms with van der Waals surface area (Å²) >= 11 is 0. The van der Waals surface area contributed by atoms with E-state index in [0.29, 0.717) is 5.39 Å². The van der Waals surface area contributed by atoms with Gasteiger partial charge in [-0.15, -0.1) is 0 Å². The molecule has 1 fully saturated rings. The number of nitrogens with one attached hydrogen (secondary N) is 2. The second kappa shape index (κ2) is 7.64. The van der Waals surface area contributed by atoms with Crippen molar-refractivity contribution >= 4 is 22.6 Å². The van der Waals surface area contributed by atoms with Crippen LogP contribution in [0.5, 0.6) is 0 Å². The number of anilines is 1. The number of rotatable bonds is 5. The number of hydrogen-bond acceptors (Lipinski definition) is 5. The number of benzene rings is 1. The summed E-state index contributed by atoms with van der Waals surface area (Å²) in [5.74, 6) is -0.619. The van der Waals surface area contributed by atoms with Crippen LogP contribution in [0.3, 0.4) is 0 Å². The Morgan fingerprint density at radius 3 is 2.77 bits per heavy atom. The van der Waals surface area contributed by atoms with Crippen LogP contribution in [-0.2, 0) is 6.54 Å². The minimum absolute atomic E-state index is 0.252. The monoisotopic (exact) mass is 402 g/mol. The number of nitrogens with zero attached hydrogens (tertiary/aromatic N) is 4. The first-order valence-electron chi connectivity index (χ1n) is 9.73. The van der Waals surface area contributed by atoms with Gasteiger partial charge in [0.2, 0.25) is 0 Å². The zero-order chi connectivity index (χ0) is 20.5. The van der Waals surface area contributed by atoms with E-state index >= 15 is 0 Å². The maximum atomic E-state index is 13.0. The van der Waals surface area contributed by atoms with Crippen LogP contribution in [0.4, 0.5) is 10.2 Å². The number of fused-ring (bicyclic) bond motifs is 1. The van der Waals surface area contributed by atoms with Crippen LogP contribution >= 0.6 is 0 Å². The van der Waals surface area contributed by atoms with E-state index < -0.39 is 11.7 Å². The Morgan fingerprint density at radius 1 is 1.10 bits per heavy atom. The summed E-state index contributed by atoms with van der Waals surface area (Å²) in [6.07, 6.45) is 6.02. The second-order valence-corrected chi connectivity index (χ2v) is 7.36. The number of likely N-dealkylation sites (tertiary alicyclic amines) is 1. The molecule has 1 aromatic carbocycles. The van der Waals surface area contributed by atoms with E-state index in [4.69, 9.17) is 0 Å². The Morgan fingerprint density at radius 2 is 2.00 bits per heavy atom. The molecule has 4 aromatic rings. The zero-order valence-electron chi connectivity index (χ0n) is 16.1. The molecule has 150 valence electrons. The van der Waals surface area contributed by atoms with Crippen molar-refractivity contribution in [2.45, 2.75) is 13.0 Å². The van der Waals surface area contributed by atoms with E-state index in [1.165, 1.54) is 24.1 Å². The summed E-state index contributed by atoms with van der Waals surface area (Å²) in [4.78, 5) is 23.3. The van der Waals surface area contributed by atoms with Crippen molar-refractivity contribution in [2.75, 3.05) is 18.4 Å². The number of aromatic amines is 1. The summed E-state index contributed by atoms with van der Waals surface area (Å²) in [7, 11) is 0. The first-order chi connectivity index (χ1) is 14.7. The maximum Gasteiger partial charge on any atom is 0.277 e. The first-order valence-corrected chi connectivity index (χ1v) is 9.73. The van der Waals surface area contributed by atoms with Crippen molar-refractivity contribution in [3.63, 3.8) is 0 Å². The summed E-state index contributed by atoms with van der Waals surface area (Å²) in [6, 6.07) is 10.6. The number of pyridine rings is 2. The summed E-state index contributed by atoms with van der Waals surface area (Å²) < 4.78 is 13.0. The Bertz CT molecular complexity index is 1220. The largest absolute Gasteiger partial charge is 0.305 e. The van der Waals surface area contributed by atoms with Crippen LogP contribution in [0.25, 0.3) is 22.0 Å². The number of H-pyrrole nitrogens is 1. The van der Waals surface area contributed by atoms with Crippen LogP contribution < -0.4 is 5.32 Å². The Labute approximate surface area is 172 Å². The fraction of sp³-hybridized carbons (Fsp3) is 0.182. The number of halogens is 1. The van der Waals surface area contributed by atoms with Crippen LogP contribution in [0.15, 0.2) is 55.0 Å². The molecule has 7 nitrogen and oxygen atoms in total. The lowest BCUT2D eigenvalue weighted by Gasteiger charge is -2.30. The van der Waals surface area contributed by atoms with Gasteiger partial charge in [-0.2, -0.15) is 5.10 Å². The van der Waals surface area contributed by atoms with Gasteiger partial charge >= 0.3 is 0 Å². The fourth-order valence-electron chi connectivity index (χ4n) is 3.52. The molecule has 0 bridgehead atoms. The molecule has 1 amide bonds. The molecule has 3 aromatic heterocycles. The third kappa shape index (κ3) is 3.65. The van der Waals surface area contributed by atoms with Crippen molar-refractivity contribution < 1.29 is 9.18 Å². The Kier molecular flexibility index (Phi) is 4.68. The lowest BCUT2D eigenvalue weighted by atomic mass is 10.0. The SMILES string of the molecule is O=C(Nc1ccc(F)cn1)c1n[nH]c2ccc(-c3cncc(CN4CCC4)c3)cc12. The van der Waals surface area contributed by atoms with E-state index in [0.717, 1.165) is 42.5 Å². The molecule has 0 spiro atoms. The van der Waals surface area contributed by atoms with Gasteiger partial charge in [0.25, 0.3) is 5.91 Å².